The molecule has 4 nitrogen and oxygen atoms in total. The summed E-state index contributed by atoms with van der Waals surface area (Å²) in [5.74, 6) is -0.627. The van der Waals surface area contributed by atoms with Gasteiger partial charge in [0.25, 0.3) is 0 Å². The lowest BCUT2D eigenvalue weighted by molar-refractivity contribution is -0.114. The van der Waals surface area contributed by atoms with Gasteiger partial charge in [0.2, 0.25) is 10.0 Å². The zero-order chi connectivity index (χ0) is 9.90. The monoisotopic (exact) mass is 205 g/mol. The summed E-state index contributed by atoms with van der Waals surface area (Å²) in [5.41, 5.74) is 0. The SMILES string of the molecule is CC(=O)CS(=O)(=O)N1CCCCC1. The van der Waals surface area contributed by atoms with Crippen LogP contribution in [0.5, 0.6) is 0 Å². The molecule has 1 aliphatic rings. The maximum Gasteiger partial charge on any atom is 0.221 e. The van der Waals surface area contributed by atoms with E-state index in [-0.39, 0.29) is 11.5 Å². The molecule has 1 aliphatic heterocycles. The Balaban J connectivity index is 2.62. The molecule has 1 rings (SSSR count). The summed E-state index contributed by atoms with van der Waals surface area (Å²) in [6.45, 7) is 2.47. The summed E-state index contributed by atoms with van der Waals surface area (Å²) in [5, 5.41) is 0. The van der Waals surface area contributed by atoms with Crippen molar-refractivity contribution >= 4 is 15.8 Å². The van der Waals surface area contributed by atoms with Gasteiger partial charge < -0.3 is 0 Å². The van der Waals surface area contributed by atoms with E-state index in [1.807, 2.05) is 0 Å². The van der Waals surface area contributed by atoms with Gasteiger partial charge in [-0.25, -0.2) is 12.7 Å². The topological polar surface area (TPSA) is 54.5 Å². The zero-order valence-electron chi connectivity index (χ0n) is 7.82. The van der Waals surface area contributed by atoms with Gasteiger partial charge in [-0.3, -0.25) is 4.79 Å². The van der Waals surface area contributed by atoms with Crippen LogP contribution in [0.25, 0.3) is 0 Å². The molecule has 0 spiro atoms. The normalized spacial score (nSPS) is 20.1. The Labute approximate surface area is 79.0 Å². The average molecular weight is 205 g/mol. The molecule has 0 aromatic heterocycles. The van der Waals surface area contributed by atoms with Crippen LogP contribution in [0, 0.1) is 0 Å². The van der Waals surface area contributed by atoms with E-state index in [2.05, 4.69) is 0 Å². The van der Waals surface area contributed by atoms with E-state index >= 15 is 0 Å². The van der Waals surface area contributed by atoms with Crippen molar-refractivity contribution < 1.29 is 13.2 Å². The van der Waals surface area contributed by atoms with Gasteiger partial charge in [-0.15, -0.1) is 0 Å². The summed E-state index contributed by atoms with van der Waals surface area (Å²) in [6, 6.07) is 0. The molecule has 5 heteroatoms. The van der Waals surface area contributed by atoms with Crippen LogP contribution in [0.3, 0.4) is 0 Å². The van der Waals surface area contributed by atoms with Crippen molar-refractivity contribution in [3.05, 3.63) is 0 Å². The molecule has 0 bridgehead atoms. The van der Waals surface area contributed by atoms with E-state index in [4.69, 9.17) is 0 Å². The van der Waals surface area contributed by atoms with Gasteiger partial charge in [-0.05, 0) is 19.8 Å². The maximum atomic E-state index is 11.5. The molecule has 0 unspecified atom stereocenters. The number of Topliss-reactive ketones (excluding diaryl/α,β-unsaturated/α-hetero) is 1. The number of nitrogens with zero attached hydrogens (tertiary/aromatic N) is 1. The lowest BCUT2D eigenvalue weighted by atomic mass is 10.2. The Hall–Kier alpha value is -0.420. The van der Waals surface area contributed by atoms with Gasteiger partial charge in [0.05, 0.1) is 0 Å². The van der Waals surface area contributed by atoms with Crippen LogP contribution in [0.1, 0.15) is 26.2 Å². The Morgan fingerprint density at radius 1 is 1.23 bits per heavy atom. The summed E-state index contributed by atoms with van der Waals surface area (Å²) >= 11 is 0. The fraction of sp³-hybridized carbons (Fsp3) is 0.875. The molecule has 0 N–H and O–H groups in total. The molecule has 13 heavy (non-hydrogen) atoms. The molecular weight excluding hydrogens is 190 g/mol. The number of hydrogen-bond donors (Lipinski definition) is 0. The van der Waals surface area contributed by atoms with Crippen molar-refractivity contribution in [3.8, 4) is 0 Å². The Morgan fingerprint density at radius 2 is 1.77 bits per heavy atom. The van der Waals surface area contributed by atoms with Gasteiger partial charge in [0, 0.05) is 13.1 Å². The molecule has 0 aromatic rings. The molecule has 1 heterocycles. The fourth-order valence-electron chi connectivity index (χ4n) is 1.49. The smallest absolute Gasteiger partial charge is 0.221 e. The number of ketones is 1. The third kappa shape index (κ3) is 3.08. The van der Waals surface area contributed by atoms with Crippen molar-refractivity contribution in [1.82, 2.24) is 4.31 Å². The largest absolute Gasteiger partial charge is 0.299 e. The minimum Gasteiger partial charge on any atom is -0.299 e. The van der Waals surface area contributed by atoms with Crippen LogP contribution >= 0.6 is 0 Å². The lowest BCUT2D eigenvalue weighted by Crippen LogP contribution is -2.38. The number of carbonyl (C=O) groups excluding carboxylic acids is 1. The highest BCUT2D eigenvalue weighted by molar-refractivity contribution is 7.89. The lowest BCUT2D eigenvalue weighted by Gasteiger charge is -2.25. The molecule has 76 valence electrons. The fourth-order valence-corrected chi connectivity index (χ4v) is 3.00. The van der Waals surface area contributed by atoms with Gasteiger partial charge >= 0.3 is 0 Å². The van der Waals surface area contributed by atoms with Crippen LogP contribution in [-0.4, -0.2) is 37.3 Å². The zero-order valence-corrected chi connectivity index (χ0v) is 8.64. The summed E-state index contributed by atoms with van der Waals surface area (Å²) in [7, 11) is -3.30. The van der Waals surface area contributed by atoms with Crippen molar-refractivity contribution in [2.45, 2.75) is 26.2 Å². The number of sulfonamides is 1. The summed E-state index contributed by atoms with van der Waals surface area (Å²) in [4.78, 5) is 10.7. The molecule has 1 saturated heterocycles. The maximum absolute atomic E-state index is 11.5. The van der Waals surface area contributed by atoms with Crippen LogP contribution in [0.4, 0.5) is 0 Å². The van der Waals surface area contributed by atoms with Gasteiger partial charge in [0.1, 0.15) is 11.5 Å². The van der Waals surface area contributed by atoms with Gasteiger partial charge in [-0.1, -0.05) is 6.42 Å². The molecule has 0 aliphatic carbocycles. The first-order valence-corrected chi connectivity index (χ1v) is 6.10. The molecule has 0 radical (unpaired) electrons. The van der Waals surface area contributed by atoms with E-state index in [0.29, 0.717) is 13.1 Å². The Bertz CT molecular complexity index is 278. The number of hydrogen-bond acceptors (Lipinski definition) is 3. The quantitative estimate of drug-likeness (QED) is 0.669. The second-order valence-electron chi connectivity index (χ2n) is 3.42. The van der Waals surface area contributed by atoms with Crippen molar-refractivity contribution in [2.75, 3.05) is 18.8 Å². The molecule has 0 saturated carbocycles. The van der Waals surface area contributed by atoms with Crippen LogP contribution in [0.2, 0.25) is 0 Å². The summed E-state index contributed by atoms with van der Waals surface area (Å²) < 4.78 is 24.4. The van der Waals surface area contributed by atoms with E-state index in [9.17, 15) is 13.2 Å². The van der Waals surface area contributed by atoms with Gasteiger partial charge in [-0.2, -0.15) is 0 Å². The van der Waals surface area contributed by atoms with E-state index in [1.165, 1.54) is 11.2 Å². The van der Waals surface area contributed by atoms with E-state index in [1.54, 1.807) is 0 Å². The predicted molar refractivity (Wildman–Crippen MR) is 49.9 cm³/mol. The highest BCUT2D eigenvalue weighted by Crippen LogP contribution is 2.13. The third-order valence-electron chi connectivity index (χ3n) is 2.09. The number of carbonyl (C=O) groups is 1. The average Bonchev–Trinajstić information content (AvgIpc) is 2.04. The van der Waals surface area contributed by atoms with Crippen molar-refractivity contribution in [1.29, 1.82) is 0 Å². The Morgan fingerprint density at radius 3 is 2.23 bits per heavy atom. The Kier molecular flexibility index (Phi) is 3.44. The molecule has 0 amide bonds. The molecular formula is C8H15NO3S. The first-order chi connectivity index (χ1) is 6.02. The standard InChI is InChI=1S/C8H15NO3S/c1-8(10)7-13(11,12)9-5-3-2-4-6-9/h2-7H2,1H3. The highest BCUT2D eigenvalue weighted by Gasteiger charge is 2.24. The second kappa shape index (κ2) is 4.19. The minimum atomic E-state index is -3.30. The van der Waals surface area contributed by atoms with Crippen LogP contribution in [0.15, 0.2) is 0 Å². The van der Waals surface area contributed by atoms with Gasteiger partial charge in [0.15, 0.2) is 0 Å². The predicted octanol–water partition coefficient (Wildman–Crippen LogP) is 0.391. The molecule has 0 aromatic carbocycles. The minimum absolute atomic E-state index is 0.287. The first-order valence-electron chi connectivity index (χ1n) is 4.49. The van der Waals surface area contributed by atoms with Crippen LogP contribution in [-0.2, 0) is 14.8 Å². The molecule has 0 atom stereocenters. The van der Waals surface area contributed by atoms with Crippen LogP contribution < -0.4 is 0 Å². The highest BCUT2D eigenvalue weighted by atomic mass is 32.2. The third-order valence-corrected chi connectivity index (χ3v) is 4.02. The first kappa shape index (κ1) is 10.7. The molecule has 1 fully saturated rings. The van der Waals surface area contributed by atoms with E-state index in [0.717, 1.165) is 19.3 Å². The van der Waals surface area contributed by atoms with Crippen molar-refractivity contribution in [2.24, 2.45) is 0 Å². The number of rotatable bonds is 3. The summed E-state index contributed by atoms with van der Waals surface area (Å²) in [6.07, 6.45) is 2.92. The van der Waals surface area contributed by atoms with Crippen molar-refractivity contribution in [3.63, 3.8) is 0 Å². The van der Waals surface area contributed by atoms with E-state index < -0.39 is 10.0 Å². The second-order valence-corrected chi connectivity index (χ2v) is 5.39. The number of piperidine rings is 1.